The van der Waals surface area contributed by atoms with Gasteiger partial charge in [0.2, 0.25) is 5.91 Å². The van der Waals surface area contributed by atoms with Crippen molar-refractivity contribution in [3.05, 3.63) is 52.8 Å². The molecular formula is C25H31F3N4O2. The zero-order chi connectivity index (χ0) is 24.6. The lowest BCUT2D eigenvalue weighted by Crippen LogP contribution is -2.50. The third-order valence-electron chi connectivity index (χ3n) is 7.11. The minimum absolute atomic E-state index is 0.0197. The van der Waals surface area contributed by atoms with Gasteiger partial charge in [0.1, 0.15) is 6.04 Å². The second-order valence-corrected chi connectivity index (χ2v) is 9.87. The maximum atomic E-state index is 13.6. The molecule has 0 saturated heterocycles. The molecule has 9 heteroatoms. The Morgan fingerprint density at radius 2 is 1.91 bits per heavy atom. The van der Waals surface area contributed by atoms with Gasteiger partial charge in [0.15, 0.2) is 0 Å². The minimum atomic E-state index is -4.59. The maximum absolute atomic E-state index is 13.6. The highest BCUT2D eigenvalue weighted by Gasteiger charge is 2.47. The molecule has 6 nitrogen and oxygen atoms in total. The Bertz CT molecular complexity index is 1060. The van der Waals surface area contributed by atoms with E-state index < -0.39 is 35.5 Å². The summed E-state index contributed by atoms with van der Waals surface area (Å²) < 4.78 is 42.7. The number of carbonyl (C=O) groups is 2. The maximum Gasteiger partial charge on any atom is 0.416 e. The van der Waals surface area contributed by atoms with Crippen molar-refractivity contribution in [3.8, 4) is 0 Å². The molecular weight excluding hydrogens is 445 g/mol. The summed E-state index contributed by atoms with van der Waals surface area (Å²) in [6.45, 7) is 4.68. The van der Waals surface area contributed by atoms with Crippen LogP contribution >= 0.6 is 0 Å². The molecule has 34 heavy (non-hydrogen) atoms. The SMILES string of the molecule is CC(C)CCn1ccc(C(C2CCCC2)C(C(N)=O)N2Cc3c(cccc3C(F)(F)F)C2=O)n1. The number of aromatic nitrogens is 2. The molecule has 2 amide bonds. The van der Waals surface area contributed by atoms with Crippen LogP contribution in [0.3, 0.4) is 0 Å². The van der Waals surface area contributed by atoms with Crippen molar-refractivity contribution in [3.63, 3.8) is 0 Å². The molecule has 2 heterocycles. The van der Waals surface area contributed by atoms with E-state index in [1.165, 1.54) is 17.0 Å². The highest BCUT2D eigenvalue weighted by molar-refractivity contribution is 6.01. The van der Waals surface area contributed by atoms with Crippen molar-refractivity contribution in [1.29, 1.82) is 0 Å². The van der Waals surface area contributed by atoms with Crippen molar-refractivity contribution in [1.82, 2.24) is 14.7 Å². The zero-order valence-electron chi connectivity index (χ0n) is 19.5. The summed E-state index contributed by atoms with van der Waals surface area (Å²) in [6, 6.07) is 4.37. The molecule has 0 bridgehead atoms. The smallest absolute Gasteiger partial charge is 0.368 e. The molecule has 1 aliphatic heterocycles. The molecule has 184 valence electrons. The summed E-state index contributed by atoms with van der Waals surface area (Å²) >= 11 is 0. The number of rotatable bonds is 8. The highest BCUT2D eigenvalue weighted by atomic mass is 19.4. The zero-order valence-corrected chi connectivity index (χ0v) is 19.5. The molecule has 1 fully saturated rings. The third-order valence-corrected chi connectivity index (χ3v) is 7.11. The van der Waals surface area contributed by atoms with E-state index in [-0.39, 0.29) is 23.6 Å². The van der Waals surface area contributed by atoms with E-state index in [0.717, 1.165) is 44.7 Å². The van der Waals surface area contributed by atoms with E-state index in [4.69, 9.17) is 10.8 Å². The Kier molecular flexibility index (Phi) is 6.73. The predicted molar refractivity (Wildman–Crippen MR) is 121 cm³/mol. The topological polar surface area (TPSA) is 81.2 Å². The first-order valence-corrected chi connectivity index (χ1v) is 11.9. The van der Waals surface area contributed by atoms with Crippen LogP contribution in [-0.4, -0.2) is 32.5 Å². The van der Waals surface area contributed by atoms with E-state index in [1.54, 1.807) is 0 Å². The van der Waals surface area contributed by atoms with Gasteiger partial charge in [-0.15, -0.1) is 0 Å². The Morgan fingerprint density at radius 3 is 2.53 bits per heavy atom. The van der Waals surface area contributed by atoms with E-state index in [1.807, 2.05) is 16.9 Å². The van der Waals surface area contributed by atoms with Crippen LogP contribution in [0.2, 0.25) is 0 Å². The molecule has 2 aliphatic rings. The molecule has 1 aromatic carbocycles. The van der Waals surface area contributed by atoms with Crippen LogP contribution < -0.4 is 5.73 Å². The first-order valence-electron chi connectivity index (χ1n) is 11.9. The van der Waals surface area contributed by atoms with Gasteiger partial charge in [-0.2, -0.15) is 18.3 Å². The second-order valence-electron chi connectivity index (χ2n) is 9.87. The van der Waals surface area contributed by atoms with E-state index >= 15 is 0 Å². The first kappa shape index (κ1) is 24.3. The molecule has 1 aromatic heterocycles. The summed E-state index contributed by atoms with van der Waals surface area (Å²) in [4.78, 5) is 27.3. The van der Waals surface area contributed by atoms with Gasteiger partial charge < -0.3 is 10.6 Å². The number of hydrogen-bond donors (Lipinski definition) is 1. The average molecular weight is 477 g/mol. The predicted octanol–water partition coefficient (Wildman–Crippen LogP) is 4.73. The summed E-state index contributed by atoms with van der Waals surface area (Å²) in [6.07, 6.45) is 1.91. The van der Waals surface area contributed by atoms with Gasteiger partial charge in [0, 0.05) is 30.8 Å². The Morgan fingerprint density at radius 1 is 1.21 bits per heavy atom. The van der Waals surface area contributed by atoms with Crippen LogP contribution in [0.5, 0.6) is 0 Å². The number of primary amides is 1. The fourth-order valence-electron chi connectivity index (χ4n) is 5.42. The number of nitrogens with two attached hydrogens (primary N) is 1. The van der Waals surface area contributed by atoms with E-state index in [0.29, 0.717) is 11.6 Å². The van der Waals surface area contributed by atoms with Crippen LogP contribution in [0, 0.1) is 11.8 Å². The van der Waals surface area contributed by atoms with Gasteiger partial charge >= 0.3 is 6.18 Å². The largest absolute Gasteiger partial charge is 0.416 e. The highest BCUT2D eigenvalue weighted by Crippen LogP contribution is 2.43. The van der Waals surface area contributed by atoms with E-state index in [9.17, 15) is 22.8 Å². The molecule has 2 aromatic rings. The van der Waals surface area contributed by atoms with Gasteiger partial charge in [-0.1, -0.05) is 32.8 Å². The fraction of sp³-hybridized carbons (Fsp3) is 0.560. The van der Waals surface area contributed by atoms with Crippen molar-refractivity contribution in [2.45, 2.75) is 77.2 Å². The number of carbonyl (C=O) groups excluding carboxylic acids is 2. The van der Waals surface area contributed by atoms with Gasteiger partial charge in [0.25, 0.3) is 5.91 Å². The first-order chi connectivity index (χ1) is 16.1. The molecule has 1 aliphatic carbocycles. The Labute approximate surface area is 197 Å². The van der Waals surface area contributed by atoms with Crippen LogP contribution in [0.15, 0.2) is 30.5 Å². The third kappa shape index (κ3) is 4.70. The van der Waals surface area contributed by atoms with Crippen molar-refractivity contribution in [2.75, 3.05) is 0 Å². The minimum Gasteiger partial charge on any atom is -0.368 e. The van der Waals surface area contributed by atoms with Gasteiger partial charge in [0.05, 0.1) is 11.3 Å². The lowest BCUT2D eigenvalue weighted by atomic mass is 9.81. The summed E-state index contributed by atoms with van der Waals surface area (Å²) in [7, 11) is 0. The summed E-state index contributed by atoms with van der Waals surface area (Å²) in [5.74, 6) is -1.20. The van der Waals surface area contributed by atoms with Crippen molar-refractivity contribution < 1.29 is 22.8 Å². The van der Waals surface area contributed by atoms with Gasteiger partial charge in [-0.05, 0) is 54.9 Å². The van der Waals surface area contributed by atoms with Crippen LogP contribution in [0.4, 0.5) is 13.2 Å². The number of alkyl halides is 3. The molecule has 2 N–H and O–H groups in total. The lowest BCUT2D eigenvalue weighted by molar-refractivity contribution is -0.138. The molecule has 2 unspecified atom stereocenters. The van der Waals surface area contributed by atoms with Crippen molar-refractivity contribution in [2.24, 2.45) is 17.6 Å². The lowest BCUT2D eigenvalue weighted by Gasteiger charge is -2.35. The molecule has 0 spiro atoms. The average Bonchev–Trinajstić information content (AvgIpc) is 3.50. The molecule has 1 saturated carbocycles. The quantitative estimate of drug-likeness (QED) is 0.598. The number of fused-ring (bicyclic) bond motifs is 1. The Balaban J connectivity index is 1.71. The number of halogens is 3. The number of benzene rings is 1. The molecule has 4 rings (SSSR count). The van der Waals surface area contributed by atoms with Crippen LogP contribution in [0.1, 0.15) is 79.0 Å². The number of aryl methyl sites for hydroxylation is 1. The standard InChI is InChI=1S/C25H31F3N4O2/c1-15(2)10-12-31-13-11-20(30-31)21(16-6-3-4-7-16)22(23(29)33)32-14-18-17(24(32)34)8-5-9-19(18)25(26,27)28/h5,8-9,11,13,15-16,21-22H,3-4,6-7,10,12,14H2,1-2H3,(H2,29,33). The normalized spacial score (nSPS) is 18.5. The Hall–Kier alpha value is -2.84. The molecule has 0 radical (unpaired) electrons. The van der Waals surface area contributed by atoms with Gasteiger partial charge in [-0.3, -0.25) is 14.3 Å². The molecule has 2 atom stereocenters. The summed E-state index contributed by atoms with van der Waals surface area (Å²) in [5, 5.41) is 4.72. The number of nitrogens with zero attached hydrogens (tertiary/aromatic N) is 3. The monoisotopic (exact) mass is 476 g/mol. The number of hydrogen-bond acceptors (Lipinski definition) is 3. The van der Waals surface area contributed by atoms with Crippen LogP contribution in [-0.2, 0) is 24.1 Å². The summed E-state index contributed by atoms with van der Waals surface area (Å²) in [5.41, 5.74) is 5.56. The van der Waals surface area contributed by atoms with Gasteiger partial charge in [-0.25, -0.2) is 0 Å². The fourth-order valence-corrected chi connectivity index (χ4v) is 5.42. The van der Waals surface area contributed by atoms with E-state index in [2.05, 4.69) is 13.8 Å². The second kappa shape index (κ2) is 9.43. The number of amides is 2. The van der Waals surface area contributed by atoms with Crippen molar-refractivity contribution >= 4 is 11.8 Å². The van der Waals surface area contributed by atoms with Crippen LogP contribution in [0.25, 0.3) is 0 Å².